The van der Waals surface area contributed by atoms with Gasteiger partial charge in [-0.1, -0.05) is 32.0 Å². The minimum atomic E-state index is -0.299. The normalized spacial score (nSPS) is 12.6. The zero-order chi connectivity index (χ0) is 11.4. The Hall–Kier alpha value is -0.960. The molecular weight excluding hydrogens is 208 g/mol. The van der Waals surface area contributed by atoms with Crippen LogP contribution in [0, 0.1) is 5.92 Å². The van der Waals surface area contributed by atoms with E-state index in [-0.39, 0.29) is 11.2 Å². The second-order valence-electron chi connectivity index (χ2n) is 3.82. The van der Waals surface area contributed by atoms with Gasteiger partial charge in [0.25, 0.3) is 0 Å². The van der Waals surface area contributed by atoms with Crippen LogP contribution in [0.2, 0.25) is 0 Å². The van der Waals surface area contributed by atoms with Gasteiger partial charge < -0.3 is 4.74 Å². The minimum absolute atomic E-state index is 0.0838. The fourth-order valence-electron chi connectivity index (χ4n) is 1.33. The number of thiol groups is 1. The van der Waals surface area contributed by atoms with Gasteiger partial charge in [0.05, 0.1) is 0 Å². The highest BCUT2D eigenvalue weighted by molar-refractivity contribution is 7.80. The van der Waals surface area contributed by atoms with Crippen LogP contribution in [0.15, 0.2) is 24.3 Å². The molecular formula is C12H16O2S. The SMILES string of the molecule is CC(=O)Oc1ccccc1C(S)C(C)C. The topological polar surface area (TPSA) is 26.3 Å². The number of ether oxygens (including phenoxy) is 1. The fraction of sp³-hybridized carbons (Fsp3) is 0.417. The van der Waals surface area contributed by atoms with Crippen LogP contribution in [0.1, 0.15) is 31.6 Å². The molecule has 0 aliphatic heterocycles. The van der Waals surface area contributed by atoms with Crippen molar-refractivity contribution in [2.75, 3.05) is 0 Å². The summed E-state index contributed by atoms with van der Waals surface area (Å²) in [5.74, 6) is 0.704. The molecule has 1 unspecified atom stereocenters. The molecule has 0 saturated heterocycles. The summed E-state index contributed by atoms with van der Waals surface area (Å²) < 4.78 is 5.13. The molecule has 0 fully saturated rings. The van der Waals surface area contributed by atoms with Crippen LogP contribution in [-0.2, 0) is 4.79 Å². The number of rotatable bonds is 3. The molecule has 0 heterocycles. The predicted molar refractivity (Wildman–Crippen MR) is 64.3 cm³/mol. The molecule has 0 saturated carbocycles. The van der Waals surface area contributed by atoms with Crippen molar-refractivity contribution in [1.82, 2.24) is 0 Å². The summed E-state index contributed by atoms with van der Waals surface area (Å²) in [4.78, 5) is 10.9. The van der Waals surface area contributed by atoms with Crippen molar-refractivity contribution in [3.8, 4) is 5.75 Å². The molecule has 0 N–H and O–H groups in total. The molecule has 0 amide bonds. The first-order chi connectivity index (χ1) is 7.02. The third-order valence-electron chi connectivity index (χ3n) is 2.12. The third-order valence-corrected chi connectivity index (χ3v) is 3.00. The quantitative estimate of drug-likeness (QED) is 0.484. The van der Waals surface area contributed by atoms with E-state index in [9.17, 15) is 4.79 Å². The molecule has 0 radical (unpaired) electrons. The Morgan fingerprint density at radius 3 is 2.47 bits per heavy atom. The maximum Gasteiger partial charge on any atom is 0.308 e. The number of carbonyl (C=O) groups is 1. The summed E-state index contributed by atoms with van der Waals surface area (Å²) in [5.41, 5.74) is 0.964. The highest BCUT2D eigenvalue weighted by Gasteiger charge is 2.16. The van der Waals surface area contributed by atoms with E-state index >= 15 is 0 Å². The molecule has 15 heavy (non-hydrogen) atoms. The van der Waals surface area contributed by atoms with Crippen molar-refractivity contribution in [2.24, 2.45) is 5.92 Å². The first kappa shape index (κ1) is 12.1. The highest BCUT2D eigenvalue weighted by Crippen LogP contribution is 2.34. The Bertz CT molecular complexity index is 347. The second kappa shape index (κ2) is 5.21. The van der Waals surface area contributed by atoms with Gasteiger partial charge in [0.2, 0.25) is 0 Å². The molecule has 0 aliphatic carbocycles. The van der Waals surface area contributed by atoms with E-state index in [1.54, 1.807) is 6.07 Å². The van der Waals surface area contributed by atoms with Gasteiger partial charge in [-0.3, -0.25) is 4.79 Å². The molecule has 0 spiro atoms. The maximum absolute atomic E-state index is 10.9. The maximum atomic E-state index is 10.9. The van der Waals surface area contributed by atoms with Gasteiger partial charge in [-0.05, 0) is 12.0 Å². The Kier molecular flexibility index (Phi) is 4.21. The van der Waals surface area contributed by atoms with E-state index in [2.05, 4.69) is 26.5 Å². The van der Waals surface area contributed by atoms with E-state index in [1.165, 1.54) is 6.92 Å². The standard InChI is InChI=1S/C12H16O2S/c1-8(2)12(15)10-6-4-5-7-11(10)14-9(3)13/h4-8,12,15H,1-3H3. The molecule has 0 bridgehead atoms. The van der Waals surface area contributed by atoms with Crippen molar-refractivity contribution >= 4 is 18.6 Å². The van der Waals surface area contributed by atoms with E-state index in [0.717, 1.165) is 5.56 Å². The lowest BCUT2D eigenvalue weighted by molar-refractivity contribution is -0.131. The Balaban J connectivity index is 3.00. The van der Waals surface area contributed by atoms with Gasteiger partial charge >= 0.3 is 5.97 Å². The third kappa shape index (κ3) is 3.27. The van der Waals surface area contributed by atoms with Gasteiger partial charge in [-0.2, -0.15) is 12.6 Å². The molecule has 0 aliphatic rings. The first-order valence-corrected chi connectivity index (χ1v) is 5.49. The highest BCUT2D eigenvalue weighted by atomic mass is 32.1. The summed E-state index contributed by atoms with van der Waals surface area (Å²) in [6.07, 6.45) is 0. The summed E-state index contributed by atoms with van der Waals surface area (Å²) in [7, 11) is 0. The van der Waals surface area contributed by atoms with Gasteiger partial charge in [-0.15, -0.1) is 0 Å². The van der Waals surface area contributed by atoms with Crippen molar-refractivity contribution in [3.63, 3.8) is 0 Å². The van der Waals surface area contributed by atoms with Gasteiger partial charge in [0.15, 0.2) is 0 Å². The van der Waals surface area contributed by atoms with E-state index < -0.39 is 0 Å². The Morgan fingerprint density at radius 2 is 1.93 bits per heavy atom. The van der Waals surface area contributed by atoms with Crippen LogP contribution >= 0.6 is 12.6 Å². The summed E-state index contributed by atoms with van der Waals surface area (Å²) in [6.45, 7) is 5.57. The molecule has 3 heteroatoms. The number of esters is 1. The number of hydrogen-bond acceptors (Lipinski definition) is 3. The molecule has 1 rings (SSSR count). The number of hydrogen-bond donors (Lipinski definition) is 1. The second-order valence-corrected chi connectivity index (χ2v) is 4.38. The average Bonchev–Trinajstić information content (AvgIpc) is 2.16. The smallest absolute Gasteiger partial charge is 0.308 e. The molecule has 82 valence electrons. The lowest BCUT2D eigenvalue weighted by Gasteiger charge is -2.17. The zero-order valence-corrected chi connectivity index (χ0v) is 10.1. The average molecular weight is 224 g/mol. The Labute approximate surface area is 96.1 Å². The van der Waals surface area contributed by atoms with Gasteiger partial charge in [0.1, 0.15) is 5.75 Å². The fourth-order valence-corrected chi connectivity index (χ4v) is 1.55. The van der Waals surface area contributed by atoms with E-state index in [4.69, 9.17) is 4.74 Å². The van der Waals surface area contributed by atoms with Crippen molar-refractivity contribution in [3.05, 3.63) is 29.8 Å². The van der Waals surface area contributed by atoms with Crippen molar-refractivity contribution in [1.29, 1.82) is 0 Å². The molecule has 1 aromatic carbocycles. The van der Waals surface area contributed by atoms with E-state index in [0.29, 0.717) is 11.7 Å². The summed E-state index contributed by atoms with van der Waals surface area (Å²) in [5, 5.41) is 0.0838. The van der Waals surface area contributed by atoms with Crippen LogP contribution in [-0.4, -0.2) is 5.97 Å². The lowest BCUT2D eigenvalue weighted by atomic mass is 10.0. The first-order valence-electron chi connectivity index (χ1n) is 4.97. The van der Waals surface area contributed by atoms with Crippen LogP contribution in [0.4, 0.5) is 0 Å². The van der Waals surface area contributed by atoms with Gasteiger partial charge in [0, 0.05) is 17.7 Å². The lowest BCUT2D eigenvalue weighted by Crippen LogP contribution is -2.07. The Morgan fingerprint density at radius 1 is 1.33 bits per heavy atom. The number of para-hydroxylation sites is 1. The van der Waals surface area contributed by atoms with Crippen molar-refractivity contribution in [2.45, 2.75) is 26.0 Å². The molecule has 1 atom stereocenters. The van der Waals surface area contributed by atoms with Crippen LogP contribution < -0.4 is 4.74 Å². The number of carbonyl (C=O) groups excluding carboxylic acids is 1. The van der Waals surface area contributed by atoms with Crippen LogP contribution in [0.5, 0.6) is 5.75 Å². The van der Waals surface area contributed by atoms with Crippen LogP contribution in [0.3, 0.4) is 0 Å². The monoisotopic (exact) mass is 224 g/mol. The number of benzene rings is 1. The minimum Gasteiger partial charge on any atom is -0.426 e. The predicted octanol–water partition coefficient (Wildman–Crippen LogP) is 3.24. The molecule has 2 nitrogen and oxygen atoms in total. The van der Waals surface area contributed by atoms with Crippen molar-refractivity contribution < 1.29 is 9.53 Å². The molecule has 0 aromatic heterocycles. The van der Waals surface area contributed by atoms with Crippen LogP contribution in [0.25, 0.3) is 0 Å². The van der Waals surface area contributed by atoms with E-state index in [1.807, 2.05) is 18.2 Å². The molecule has 1 aromatic rings. The zero-order valence-electron chi connectivity index (χ0n) is 9.23. The van der Waals surface area contributed by atoms with Gasteiger partial charge in [-0.25, -0.2) is 0 Å². The summed E-state index contributed by atoms with van der Waals surface area (Å²) >= 11 is 4.52. The summed E-state index contributed by atoms with van der Waals surface area (Å²) in [6, 6.07) is 7.51. The largest absolute Gasteiger partial charge is 0.426 e.